The molecule has 304 valence electrons. The van der Waals surface area contributed by atoms with E-state index >= 15 is 0 Å². The second-order valence-corrected chi connectivity index (χ2v) is 17.6. The van der Waals surface area contributed by atoms with Crippen molar-refractivity contribution in [1.29, 1.82) is 10.5 Å². The van der Waals surface area contributed by atoms with E-state index in [1.807, 2.05) is 18.2 Å². The molecular weight excluding hydrogens is 787 g/mol. The molecule has 0 saturated carbocycles. The zero-order chi connectivity index (χ0) is 44.1. The molecule has 0 amide bonds. The van der Waals surface area contributed by atoms with Crippen LogP contribution in [0.5, 0.6) is 0 Å². The molecule has 2 aliphatic rings. The van der Waals surface area contributed by atoms with Crippen LogP contribution in [0.2, 0.25) is 0 Å². The van der Waals surface area contributed by atoms with Gasteiger partial charge in [-0.15, -0.1) is 0 Å². The number of nitriles is 2. The van der Waals surface area contributed by atoms with Gasteiger partial charge in [-0.05, 0) is 203 Å². The van der Waals surface area contributed by atoms with Gasteiger partial charge in [0.2, 0.25) is 0 Å². The zero-order valence-corrected chi connectivity index (χ0v) is 36.6. The minimum atomic E-state index is 0.0839. The van der Waals surface area contributed by atoms with E-state index in [2.05, 4.69) is 196 Å². The number of aryl methyl sites for hydroxylation is 4. The molecule has 0 aliphatic heterocycles. The molecule has 0 heterocycles. The monoisotopic (exact) mass is 827 g/mol. The first-order valence-electron chi connectivity index (χ1n) is 22.2. The van der Waals surface area contributed by atoms with Crippen molar-refractivity contribution in [3.8, 4) is 78.9 Å². The van der Waals surface area contributed by atoms with Gasteiger partial charge in [0.25, 0.3) is 0 Å². The van der Waals surface area contributed by atoms with Crippen molar-refractivity contribution in [1.82, 2.24) is 0 Å². The third-order valence-electron chi connectivity index (χ3n) is 13.9. The van der Waals surface area contributed by atoms with Crippen LogP contribution in [0.4, 0.5) is 17.1 Å². The molecule has 10 aromatic carbocycles. The van der Waals surface area contributed by atoms with E-state index < -0.39 is 0 Å². The fourth-order valence-corrected chi connectivity index (χ4v) is 10.9. The first kappa shape index (κ1) is 38.2. The molecule has 12 rings (SSSR count). The predicted molar refractivity (Wildman–Crippen MR) is 272 cm³/mol. The van der Waals surface area contributed by atoms with Crippen LogP contribution < -0.4 is 4.90 Å². The minimum Gasteiger partial charge on any atom is -0.310 e. The minimum absolute atomic E-state index is 0.0839. The topological polar surface area (TPSA) is 50.8 Å². The molecule has 3 heteroatoms. The molecule has 10 aromatic rings. The van der Waals surface area contributed by atoms with Gasteiger partial charge in [-0.25, -0.2) is 0 Å². The van der Waals surface area contributed by atoms with Crippen molar-refractivity contribution in [3.63, 3.8) is 0 Å². The zero-order valence-electron chi connectivity index (χ0n) is 36.6. The summed E-state index contributed by atoms with van der Waals surface area (Å²) in [6.45, 7) is 8.83. The summed E-state index contributed by atoms with van der Waals surface area (Å²) in [6.07, 6.45) is 1.67. The van der Waals surface area contributed by atoms with E-state index in [0.717, 1.165) is 22.0 Å². The summed E-state index contributed by atoms with van der Waals surface area (Å²) in [5.74, 6) is 0. The summed E-state index contributed by atoms with van der Waals surface area (Å²) in [6, 6.07) is 66.5. The highest BCUT2D eigenvalue weighted by molar-refractivity contribution is 6.33. The van der Waals surface area contributed by atoms with Crippen LogP contribution in [0.15, 0.2) is 175 Å². The van der Waals surface area contributed by atoms with Crippen LogP contribution in [0.3, 0.4) is 0 Å². The molecule has 0 bridgehead atoms. The number of rotatable bonds is 6. The maximum Gasteiger partial charge on any atom is 0.130 e. The largest absolute Gasteiger partial charge is 0.310 e. The van der Waals surface area contributed by atoms with Crippen LogP contribution >= 0.6 is 0 Å². The van der Waals surface area contributed by atoms with Gasteiger partial charge >= 0.3 is 0 Å². The number of anilines is 3. The van der Waals surface area contributed by atoms with Gasteiger partial charge in [-0.1, -0.05) is 127 Å². The van der Waals surface area contributed by atoms with Gasteiger partial charge in [0.15, 0.2) is 0 Å². The van der Waals surface area contributed by atoms with Crippen LogP contribution in [-0.4, -0.2) is 0 Å². The highest BCUT2D eigenvalue weighted by atomic mass is 15.1. The maximum absolute atomic E-state index is 9.60. The summed E-state index contributed by atoms with van der Waals surface area (Å²) >= 11 is 0. The average molecular weight is 828 g/mol. The van der Waals surface area contributed by atoms with Crippen LogP contribution in [-0.2, 0) is 0 Å². The van der Waals surface area contributed by atoms with E-state index in [1.165, 1.54) is 122 Å². The van der Waals surface area contributed by atoms with E-state index in [-0.39, 0.29) is 5.57 Å². The van der Waals surface area contributed by atoms with E-state index in [1.54, 1.807) is 6.08 Å². The average Bonchev–Trinajstić information content (AvgIpc) is 3.83. The molecule has 0 aromatic heterocycles. The first-order chi connectivity index (χ1) is 31.8. The van der Waals surface area contributed by atoms with Gasteiger partial charge in [-0.3, -0.25) is 0 Å². The fourth-order valence-electron chi connectivity index (χ4n) is 10.9. The third-order valence-corrected chi connectivity index (χ3v) is 13.9. The molecule has 2 aliphatic carbocycles. The van der Waals surface area contributed by atoms with Crippen molar-refractivity contribution in [2.45, 2.75) is 27.7 Å². The van der Waals surface area contributed by atoms with Crippen LogP contribution in [0.25, 0.3) is 105 Å². The van der Waals surface area contributed by atoms with Crippen molar-refractivity contribution < 1.29 is 0 Å². The smallest absolute Gasteiger partial charge is 0.130 e. The van der Waals surface area contributed by atoms with Gasteiger partial charge in [0.05, 0.1) is 0 Å². The molecule has 0 saturated heterocycles. The summed E-state index contributed by atoms with van der Waals surface area (Å²) in [5.41, 5.74) is 24.2. The Morgan fingerprint density at radius 1 is 0.400 bits per heavy atom. The van der Waals surface area contributed by atoms with E-state index in [9.17, 15) is 10.5 Å². The SMILES string of the molecule is Cc1ccccc1-c1c2c(c(-c3ccccc3C)c3cc4cc(C=C(C#N)C#N)ccc4cc13)-c1ccc3c4c(ccc-2c14)-c1cc(N(c2ccccc2C)c2ccccc2C)ccc1-3. The summed E-state index contributed by atoms with van der Waals surface area (Å²) in [5, 5.41) is 26.3. The normalized spacial score (nSPS) is 11.7. The lowest BCUT2D eigenvalue weighted by Gasteiger charge is -2.29. The number of fused-ring (bicyclic) bond motifs is 8. The number of hydrogen-bond acceptors (Lipinski definition) is 3. The Balaban J connectivity index is 1.16. The molecule has 0 unspecified atom stereocenters. The highest BCUT2D eigenvalue weighted by Gasteiger charge is 2.35. The Morgan fingerprint density at radius 3 is 1.43 bits per heavy atom. The van der Waals surface area contributed by atoms with E-state index in [4.69, 9.17) is 0 Å². The second kappa shape index (κ2) is 14.5. The molecule has 0 spiro atoms. The Kier molecular flexibility index (Phi) is 8.54. The maximum atomic E-state index is 9.60. The Hall–Kier alpha value is -8.50. The molecule has 0 radical (unpaired) electrons. The van der Waals surface area contributed by atoms with Crippen molar-refractivity contribution in [3.05, 3.63) is 203 Å². The Morgan fingerprint density at radius 2 is 0.877 bits per heavy atom. The Labute approximate surface area is 379 Å². The van der Waals surface area contributed by atoms with Gasteiger partial charge in [0.1, 0.15) is 17.7 Å². The lowest BCUT2D eigenvalue weighted by molar-refractivity contribution is 1.23. The molecular formula is C62H41N3. The predicted octanol–water partition coefficient (Wildman–Crippen LogP) is 16.9. The summed E-state index contributed by atoms with van der Waals surface area (Å²) in [7, 11) is 0. The lowest BCUT2D eigenvalue weighted by Crippen LogP contribution is -2.12. The summed E-state index contributed by atoms with van der Waals surface area (Å²) in [4.78, 5) is 2.42. The van der Waals surface area contributed by atoms with Gasteiger partial charge < -0.3 is 4.90 Å². The van der Waals surface area contributed by atoms with Crippen LogP contribution in [0.1, 0.15) is 27.8 Å². The lowest BCUT2D eigenvalue weighted by atomic mass is 9.80. The van der Waals surface area contributed by atoms with Gasteiger partial charge in [0, 0.05) is 17.1 Å². The standard InChI is InChI=1S/C62H41N3/c1-36-13-5-9-17-45(36)57-53-31-42-22-21-40(29-41(34-63)35-64)30-43(42)32-54(53)58(46-18-10-6-14-37(46)2)62-50-27-25-48-47-24-23-44(33-52(47)49-26-28-51(61(57)62)60(50)59(48)49)65(55-19-11-7-15-38(55)3)56-20-12-8-16-39(56)4/h5-33H,1-4H3. The van der Waals surface area contributed by atoms with Gasteiger partial charge in [-0.2, -0.15) is 10.5 Å². The molecule has 0 fully saturated rings. The molecule has 0 atom stereocenters. The van der Waals surface area contributed by atoms with Crippen molar-refractivity contribution in [2.24, 2.45) is 0 Å². The summed E-state index contributed by atoms with van der Waals surface area (Å²) < 4.78 is 0. The molecule has 65 heavy (non-hydrogen) atoms. The first-order valence-corrected chi connectivity index (χ1v) is 22.2. The highest BCUT2D eigenvalue weighted by Crippen LogP contribution is 2.62. The van der Waals surface area contributed by atoms with E-state index in [0.29, 0.717) is 0 Å². The van der Waals surface area contributed by atoms with Crippen LogP contribution in [0, 0.1) is 50.4 Å². The number of nitrogens with zero attached hydrogens (tertiary/aromatic N) is 3. The molecule has 3 nitrogen and oxygen atoms in total. The molecule has 0 N–H and O–H groups in total. The number of para-hydroxylation sites is 2. The Bertz CT molecular complexity index is 3790. The van der Waals surface area contributed by atoms with Crippen molar-refractivity contribution >= 4 is 55.5 Å². The number of benzene rings is 10. The fraction of sp³-hybridized carbons (Fsp3) is 0.0645. The van der Waals surface area contributed by atoms with Crippen molar-refractivity contribution in [2.75, 3.05) is 4.90 Å². The number of allylic oxidation sites excluding steroid dienone is 1. The third kappa shape index (κ3) is 5.66. The quantitative estimate of drug-likeness (QED) is 0.124. The number of hydrogen-bond donors (Lipinski definition) is 0. The second-order valence-electron chi connectivity index (χ2n) is 17.6.